The largest absolute Gasteiger partial charge is 0.394 e. The number of aromatic nitrogens is 1. The highest BCUT2D eigenvalue weighted by molar-refractivity contribution is 6.33. The van der Waals surface area contributed by atoms with Crippen molar-refractivity contribution < 1.29 is 20.2 Å². The van der Waals surface area contributed by atoms with Gasteiger partial charge in [-0.1, -0.05) is 11.6 Å². The maximum absolute atomic E-state index is 10.5. The molecule has 1 aromatic heterocycles. The van der Waals surface area contributed by atoms with Gasteiger partial charge in [0, 0.05) is 11.8 Å². The second-order valence-corrected chi connectivity index (χ2v) is 3.39. The van der Waals surface area contributed by atoms with Gasteiger partial charge < -0.3 is 15.3 Å². The molecule has 0 bridgehead atoms. The normalized spacial score (nSPS) is 14.5. The molecule has 88 valence electrons. The van der Waals surface area contributed by atoms with Crippen LogP contribution in [0.15, 0.2) is 12.4 Å². The maximum Gasteiger partial charge on any atom is 0.306 e. The van der Waals surface area contributed by atoms with Crippen molar-refractivity contribution in [3.05, 3.63) is 33.1 Å². The molecule has 0 radical (unpaired) electrons. The van der Waals surface area contributed by atoms with Gasteiger partial charge in [0.25, 0.3) is 0 Å². The Morgan fingerprint density at radius 1 is 1.50 bits per heavy atom. The van der Waals surface area contributed by atoms with E-state index in [-0.39, 0.29) is 10.6 Å². The van der Waals surface area contributed by atoms with Crippen LogP contribution in [0.3, 0.4) is 0 Å². The molecule has 1 rings (SSSR count). The Labute approximate surface area is 95.1 Å². The number of nitro groups is 1. The SMILES string of the molecule is O=[N+]([O-])c1cncc(C(O)C(O)CO)c1Cl. The summed E-state index contributed by atoms with van der Waals surface area (Å²) in [5, 5.41) is 37.5. The monoisotopic (exact) mass is 248 g/mol. The maximum atomic E-state index is 10.5. The van der Waals surface area contributed by atoms with Crippen LogP contribution in [0, 0.1) is 10.1 Å². The van der Waals surface area contributed by atoms with Crippen LogP contribution in [0.2, 0.25) is 5.02 Å². The average molecular weight is 249 g/mol. The van der Waals surface area contributed by atoms with Gasteiger partial charge in [-0.05, 0) is 0 Å². The van der Waals surface area contributed by atoms with Crippen molar-refractivity contribution in [2.24, 2.45) is 0 Å². The summed E-state index contributed by atoms with van der Waals surface area (Å²) in [6.45, 7) is -0.694. The molecule has 0 spiro atoms. The van der Waals surface area contributed by atoms with Crippen LogP contribution >= 0.6 is 11.6 Å². The van der Waals surface area contributed by atoms with Crippen LogP contribution in [0.1, 0.15) is 11.7 Å². The third kappa shape index (κ3) is 2.45. The van der Waals surface area contributed by atoms with E-state index in [4.69, 9.17) is 16.7 Å². The van der Waals surface area contributed by atoms with Crippen molar-refractivity contribution in [3.63, 3.8) is 0 Å². The predicted molar refractivity (Wildman–Crippen MR) is 54.0 cm³/mol. The second kappa shape index (κ2) is 5.17. The fourth-order valence-corrected chi connectivity index (χ4v) is 1.37. The molecule has 1 aromatic rings. The molecule has 8 heteroatoms. The van der Waals surface area contributed by atoms with Crippen LogP contribution in [-0.4, -0.2) is 37.9 Å². The zero-order chi connectivity index (χ0) is 12.3. The average Bonchev–Trinajstić information content (AvgIpc) is 2.27. The van der Waals surface area contributed by atoms with E-state index in [0.717, 1.165) is 12.4 Å². The Bertz CT molecular complexity index is 400. The Balaban J connectivity index is 3.15. The van der Waals surface area contributed by atoms with Crippen LogP contribution in [0.25, 0.3) is 0 Å². The van der Waals surface area contributed by atoms with E-state index in [0.29, 0.717) is 0 Å². The Morgan fingerprint density at radius 2 is 2.12 bits per heavy atom. The lowest BCUT2D eigenvalue weighted by molar-refractivity contribution is -0.385. The quantitative estimate of drug-likeness (QED) is 0.511. The van der Waals surface area contributed by atoms with Gasteiger partial charge in [-0.3, -0.25) is 15.1 Å². The Morgan fingerprint density at radius 3 is 2.62 bits per heavy atom. The standard InChI is InChI=1S/C8H9ClN2O5/c9-7-4(8(14)6(13)3-12)1-10-2-5(7)11(15)16/h1-2,6,8,12-14H,3H2. The summed E-state index contributed by atoms with van der Waals surface area (Å²) in [6.07, 6.45) is -0.964. The molecule has 0 aromatic carbocycles. The highest BCUT2D eigenvalue weighted by Gasteiger charge is 2.25. The smallest absolute Gasteiger partial charge is 0.306 e. The number of hydrogen-bond acceptors (Lipinski definition) is 6. The predicted octanol–water partition coefficient (Wildman–Crippen LogP) is 0.0298. The number of rotatable bonds is 4. The van der Waals surface area contributed by atoms with Crippen molar-refractivity contribution in [2.45, 2.75) is 12.2 Å². The van der Waals surface area contributed by atoms with Crippen molar-refractivity contribution in [1.82, 2.24) is 4.98 Å². The molecule has 0 aliphatic carbocycles. The Hall–Kier alpha value is -1.28. The first kappa shape index (κ1) is 12.8. The van der Waals surface area contributed by atoms with Crippen molar-refractivity contribution >= 4 is 17.3 Å². The zero-order valence-corrected chi connectivity index (χ0v) is 8.70. The molecule has 0 fully saturated rings. The van der Waals surface area contributed by atoms with E-state index in [1.807, 2.05) is 0 Å². The molecule has 0 saturated carbocycles. The molecule has 16 heavy (non-hydrogen) atoms. The lowest BCUT2D eigenvalue weighted by Gasteiger charge is -2.16. The van der Waals surface area contributed by atoms with E-state index in [9.17, 15) is 20.3 Å². The third-order valence-electron chi connectivity index (χ3n) is 1.96. The van der Waals surface area contributed by atoms with Crippen LogP contribution in [0.4, 0.5) is 5.69 Å². The van der Waals surface area contributed by atoms with Crippen LogP contribution in [0.5, 0.6) is 0 Å². The van der Waals surface area contributed by atoms with Crippen molar-refractivity contribution in [1.29, 1.82) is 0 Å². The van der Waals surface area contributed by atoms with Crippen LogP contribution < -0.4 is 0 Å². The number of nitrogens with zero attached hydrogens (tertiary/aromatic N) is 2. The minimum atomic E-state index is -1.52. The first-order chi connectivity index (χ1) is 7.49. The topological polar surface area (TPSA) is 117 Å². The van der Waals surface area contributed by atoms with Gasteiger partial charge in [0.05, 0.1) is 11.5 Å². The minimum absolute atomic E-state index is 0.0996. The van der Waals surface area contributed by atoms with Gasteiger partial charge in [-0.2, -0.15) is 0 Å². The number of pyridine rings is 1. The van der Waals surface area contributed by atoms with Gasteiger partial charge in [0.1, 0.15) is 23.4 Å². The van der Waals surface area contributed by atoms with Gasteiger partial charge in [0.15, 0.2) is 0 Å². The van der Waals surface area contributed by atoms with Gasteiger partial charge in [-0.15, -0.1) is 0 Å². The first-order valence-corrected chi connectivity index (χ1v) is 4.61. The van der Waals surface area contributed by atoms with Gasteiger partial charge >= 0.3 is 5.69 Å². The highest BCUT2D eigenvalue weighted by atomic mass is 35.5. The lowest BCUT2D eigenvalue weighted by Crippen LogP contribution is -2.22. The lowest BCUT2D eigenvalue weighted by atomic mass is 10.1. The number of halogens is 1. The molecule has 2 unspecified atom stereocenters. The Kier molecular flexibility index (Phi) is 4.13. The van der Waals surface area contributed by atoms with E-state index >= 15 is 0 Å². The summed E-state index contributed by atoms with van der Waals surface area (Å²) in [6, 6.07) is 0. The van der Waals surface area contributed by atoms with Crippen molar-refractivity contribution in [2.75, 3.05) is 6.61 Å². The molecule has 0 aliphatic rings. The molecule has 7 nitrogen and oxygen atoms in total. The molecule has 0 saturated heterocycles. The van der Waals surface area contributed by atoms with Crippen LogP contribution in [-0.2, 0) is 0 Å². The third-order valence-corrected chi connectivity index (χ3v) is 2.37. The van der Waals surface area contributed by atoms with Gasteiger partial charge in [-0.25, -0.2) is 0 Å². The molecule has 3 N–H and O–H groups in total. The highest BCUT2D eigenvalue weighted by Crippen LogP contribution is 2.31. The second-order valence-electron chi connectivity index (χ2n) is 3.01. The summed E-state index contributed by atoms with van der Waals surface area (Å²) < 4.78 is 0. The van der Waals surface area contributed by atoms with E-state index in [1.54, 1.807) is 0 Å². The molecular weight excluding hydrogens is 240 g/mol. The summed E-state index contributed by atoms with van der Waals surface area (Å²) >= 11 is 5.67. The molecule has 0 amide bonds. The fourth-order valence-electron chi connectivity index (χ4n) is 1.09. The molecule has 0 aliphatic heterocycles. The molecule has 1 heterocycles. The molecular formula is C8H9ClN2O5. The molecule has 2 atom stereocenters. The van der Waals surface area contributed by atoms with E-state index in [2.05, 4.69) is 4.98 Å². The minimum Gasteiger partial charge on any atom is -0.394 e. The fraction of sp³-hybridized carbons (Fsp3) is 0.375. The summed E-state index contributed by atoms with van der Waals surface area (Å²) in [4.78, 5) is 13.3. The number of hydrogen-bond donors (Lipinski definition) is 3. The van der Waals surface area contributed by atoms with E-state index in [1.165, 1.54) is 0 Å². The van der Waals surface area contributed by atoms with Gasteiger partial charge in [0.2, 0.25) is 0 Å². The first-order valence-electron chi connectivity index (χ1n) is 4.23. The van der Waals surface area contributed by atoms with Crippen molar-refractivity contribution in [3.8, 4) is 0 Å². The van der Waals surface area contributed by atoms with E-state index < -0.39 is 29.4 Å². The zero-order valence-electron chi connectivity index (χ0n) is 7.95. The summed E-state index contributed by atoms with van der Waals surface area (Å²) in [7, 11) is 0. The summed E-state index contributed by atoms with van der Waals surface area (Å²) in [5.74, 6) is 0. The number of aliphatic hydroxyl groups is 3. The summed E-state index contributed by atoms with van der Waals surface area (Å²) in [5.41, 5.74) is -0.569. The number of aliphatic hydroxyl groups excluding tert-OH is 3.